The first kappa shape index (κ1) is 18.0. The molecule has 1 amide bonds. The number of thiophene rings is 1. The van der Waals surface area contributed by atoms with E-state index in [9.17, 15) is 9.59 Å². The summed E-state index contributed by atoms with van der Waals surface area (Å²) in [5.41, 5.74) is 0.734. The topological polar surface area (TPSA) is 77.1 Å². The second kappa shape index (κ2) is 7.31. The van der Waals surface area contributed by atoms with Gasteiger partial charge in [0.25, 0.3) is 11.5 Å². The number of fused-ring (bicyclic) bond motifs is 2. The van der Waals surface area contributed by atoms with Gasteiger partial charge in [-0.15, -0.1) is 11.3 Å². The zero-order valence-electron chi connectivity index (χ0n) is 15.6. The van der Waals surface area contributed by atoms with E-state index in [-0.39, 0.29) is 17.5 Å². The van der Waals surface area contributed by atoms with Crippen molar-refractivity contribution in [2.24, 2.45) is 0 Å². The fourth-order valence-corrected chi connectivity index (χ4v) is 4.72. The molecule has 1 N–H and O–H groups in total. The highest BCUT2D eigenvalue weighted by Gasteiger charge is 2.23. The molecule has 0 bridgehead atoms. The Morgan fingerprint density at radius 3 is 3.07 bits per heavy atom. The van der Waals surface area contributed by atoms with Crippen LogP contribution >= 0.6 is 11.3 Å². The number of carbonyl (C=O) groups is 1. The molecule has 7 heteroatoms. The summed E-state index contributed by atoms with van der Waals surface area (Å²) < 4.78 is 7.12. The van der Waals surface area contributed by atoms with Crippen molar-refractivity contribution in [1.82, 2.24) is 14.9 Å². The number of furan rings is 1. The molecule has 3 aromatic rings. The van der Waals surface area contributed by atoms with Gasteiger partial charge < -0.3 is 9.73 Å². The minimum Gasteiger partial charge on any atom is -0.469 e. The fraction of sp³-hybridized carbons (Fsp3) is 0.450. The van der Waals surface area contributed by atoms with Crippen LogP contribution in [-0.2, 0) is 19.4 Å². The van der Waals surface area contributed by atoms with Crippen LogP contribution in [0.25, 0.3) is 10.2 Å². The zero-order valence-corrected chi connectivity index (χ0v) is 16.4. The van der Waals surface area contributed by atoms with E-state index >= 15 is 0 Å². The Labute approximate surface area is 161 Å². The summed E-state index contributed by atoms with van der Waals surface area (Å²) in [6.07, 6.45) is 6.11. The molecule has 1 unspecified atom stereocenters. The number of amides is 1. The van der Waals surface area contributed by atoms with Gasteiger partial charge in [-0.2, -0.15) is 0 Å². The van der Waals surface area contributed by atoms with Crippen LogP contribution in [0.1, 0.15) is 53.0 Å². The van der Waals surface area contributed by atoms with Gasteiger partial charge >= 0.3 is 0 Å². The monoisotopic (exact) mass is 385 g/mol. The molecule has 6 nitrogen and oxygen atoms in total. The molecule has 0 saturated heterocycles. The van der Waals surface area contributed by atoms with Gasteiger partial charge in [-0.3, -0.25) is 14.2 Å². The van der Waals surface area contributed by atoms with Crippen molar-refractivity contribution in [3.05, 3.63) is 50.8 Å². The predicted molar refractivity (Wildman–Crippen MR) is 106 cm³/mol. The van der Waals surface area contributed by atoms with Crippen molar-refractivity contribution in [3.8, 4) is 0 Å². The Morgan fingerprint density at radius 1 is 1.44 bits per heavy atom. The molecular formula is C20H23N3O3S. The van der Waals surface area contributed by atoms with Crippen molar-refractivity contribution in [1.29, 1.82) is 0 Å². The van der Waals surface area contributed by atoms with E-state index in [0.29, 0.717) is 15.1 Å². The Kier molecular flexibility index (Phi) is 4.86. The van der Waals surface area contributed by atoms with E-state index in [1.807, 2.05) is 26.0 Å². The van der Waals surface area contributed by atoms with Crippen LogP contribution in [0.15, 0.2) is 27.6 Å². The Morgan fingerprint density at radius 2 is 2.30 bits per heavy atom. The first-order valence-corrected chi connectivity index (χ1v) is 10.2. The smallest absolute Gasteiger partial charge is 0.262 e. The van der Waals surface area contributed by atoms with Crippen molar-refractivity contribution >= 4 is 27.5 Å². The molecule has 0 radical (unpaired) electrons. The highest BCUT2D eigenvalue weighted by molar-refractivity contribution is 7.20. The van der Waals surface area contributed by atoms with Gasteiger partial charge in [-0.1, -0.05) is 0 Å². The van der Waals surface area contributed by atoms with Crippen molar-refractivity contribution in [3.63, 3.8) is 0 Å². The average molecular weight is 385 g/mol. The largest absolute Gasteiger partial charge is 0.469 e. The summed E-state index contributed by atoms with van der Waals surface area (Å²) in [5, 5.41) is 3.64. The maximum absolute atomic E-state index is 12.9. The van der Waals surface area contributed by atoms with E-state index in [1.165, 1.54) is 11.3 Å². The SMILES string of the molecule is Cc1c(C(=O)NC(C)CCc2ccco2)sc2nc3n(c(=O)c12)CCCC3. The third-order valence-corrected chi connectivity index (χ3v) is 6.33. The molecule has 27 heavy (non-hydrogen) atoms. The number of aromatic nitrogens is 2. The number of rotatable bonds is 5. The summed E-state index contributed by atoms with van der Waals surface area (Å²) >= 11 is 1.32. The summed E-state index contributed by atoms with van der Waals surface area (Å²) in [7, 11) is 0. The van der Waals surface area contributed by atoms with Crippen LogP contribution in [0, 0.1) is 6.92 Å². The number of hydrogen-bond acceptors (Lipinski definition) is 5. The van der Waals surface area contributed by atoms with E-state index in [4.69, 9.17) is 4.42 Å². The normalized spacial score (nSPS) is 14.9. The quantitative estimate of drug-likeness (QED) is 0.730. The van der Waals surface area contributed by atoms with Gasteiger partial charge in [0.15, 0.2) is 0 Å². The number of hydrogen-bond donors (Lipinski definition) is 1. The van der Waals surface area contributed by atoms with Gasteiger partial charge in [0.05, 0.1) is 16.5 Å². The second-order valence-corrected chi connectivity index (χ2v) is 8.17. The highest BCUT2D eigenvalue weighted by Crippen LogP contribution is 2.28. The van der Waals surface area contributed by atoms with Crippen molar-refractivity contribution in [2.45, 2.75) is 58.5 Å². The molecule has 0 saturated carbocycles. The molecule has 4 heterocycles. The Balaban J connectivity index is 1.56. The Bertz CT molecular complexity index is 1030. The van der Waals surface area contributed by atoms with Gasteiger partial charge in [-0.05, 0) is 50.8 Å². The molecule has 142 valence electrons. The van der Waals surface area contributed by atoms with E-state index < -0.39 is 0 Å². The second-order valence-electron chi connectivity index (χ2n) is 7.17. The molecule has 0 aliphatic carbocycles. The van der Waals surface area contributed by atoms with E-state index in [0.717, 1.165) is 55.8 Å². The fourth-order valence-electron chi connectivity index (χ4n) is 3.62. The minimum absolute atomic E-state index is 0.00614. The summed E-state index contributed by atoms with van der Waals surface area (Å²) in [4.78, 5) is 31.6. The lowest BCUT2D eigenvalue weighted by atomic mass is 10.1. The van der Waals surface area contributed by atoms with Crippen LogP contribution in [0.3, 0.4) is 0 Å². The average Bonchev–Trinajstić information content (AvgIpc) is 3.28. The summed E-state index contributed by atoms with van der Waals surface area (Å²) in [6, 6.07) is 3.81. The number of nitrogens with one attached hydrogen (secondary N) is 1. The van der Waals surface area contributed by atoms with Crippen LogP contribution in [0.4, 0.5) is 0 Å². The molecule has 0 fully saturated rings. The number of carbonyl (C=O) groups excluding carboxylic acids is 1. The first-order valence-electron chi connectivity index (χ1n) is 9.40. The molecule has 3 aromatic heterocycles. The van der Waals surface area contributed by atoms with Gasteiger partial charge in [0.2, 0.25) is 0 Å². The summed E-state index contributed by atoms with van der Waals surface area (Å²) in [5.74, 6) is 1.63. The molecule has 1 aliphatic rings. The first-order chi connectivity index (χ1) is 13.0. The van der Waals surface area contributed by atoms with Crippen LogP contribution in [0.5, 0.6) is 0 Å². The molecule has 0 aromatic carbocycles. The van der Waals surface area contributed by atoms with Crippen LogP contribution < -0.4 is 10.9 Å². The standard InChI is InChI=1S/C20H23N3O3S/c1-12(8-9-14-6-5-11-26-14)21-18(24)17-13(2)16-19(27-17)22-15-7-3-4-10-23(15)20(16)25/h5-6,11-12H,3-4,7-10H2,1-2H3,(H,21,24). The van der Waals surface area contributed by atoms with Crippen LogP contribution in [-0.4, -0.2) is 21.5 Å². The molecule has 0 spiro atoms. The summed E-state index contributed by atoms with van der Waals surface area (Å²) in [6.45, 7) is 4.55. The number of aryl methyl sites for hydroxylation is 3. The lowest BCUT2D eigenvalue weighted by molar-refractivity contribution is 0.0941. The van der Waals surface area contributed by atoms with Crippen LogP contribution in [0.2, 0.25) is 0 Å². The van der Waals surface area contributed by atoms with E-state index in [1.54, 1.807) is 10.8 Å². The van der Waals surface area contributed by atoms with Gasteiger partial charge in [0.1, 0.15) is 16.4 Å². The third kappa shape index (κ3) is 3.43. The molecule has 4 rings (SSSR count). The third-order valence-electron chi connectivity index (χ3n) is 5.15. The van der Waals surface area contributed by atoms with Gasteiger partial charge in [-0.25, -0.2) is 4.98 Å². The molecular weight excluding hydrogens is 362 g/mol. The maximum atomic E-state index is 12.9. The van der Waals surface area contributed by atoms with Crippen molar-refractivity contribution in [2.75, 3.05) is 0 Å². The van der Waals surface area contributed by atoms with Gasteiger partial charge in [0, 0.05) is 25.4 Å². The zero-order chi connectivity index (χ0) is 19.0. The minimum atomic E-state index is -0.134. The maximum Gasteiger partial charge on any atom is 0.262 e. The molecule has 1 aliphatic heterocycles. The predicted octanol–water partition coefficient (Wildman–Crippen LogP) is 3.45. The highest BCUT2D eigenvalue weighted by atomic mass is 32.1. The lowest BCUT2D eigenvalue weighted by Crippen LogP contribution is -2.32. The Hall–Kier alpha value is -2.41. The number of nitrogens with zero attached hydrogens (tertiary/aromatic N) is 2. The molecule has 1 atom stereocenters. The van der Waals surface area contributed by atoms with E-state index in [2.05, 4.69) is 10.3 Å². The van der Waals surface area contributed by atoms with Crippen molar-refractivity contribution < 1.29 is 9.21 Å². The lowest BCUT2D eigenvalue weighted by Gasteiger charge is -2.16.